The van der Waals surface area contributed by atoms with Crippen LogP contribution in [0.2, 0.25) is 0 Å². The van der Waals surface area contributed by atoms with Gasteiger partial charge in [-0.05, 0) is 76.5 Å². The summed E-state index contributed by atoms with van der Waals surface area (Å²) in [5.74, 6) is 0.710. The standard InChI is InChI=1S/C20H21Br2N3O4S/c1-12(2)10-29-17-8-3-13(9-16(17)22)19(27)23-20(30)25-24-18(26)11-28-15-6-4-14(21)5-7-15/h3-9,12H,10-11H2,1-2H3,(H,24,26)(H2,23,25,27,30). The van der Waals surface area contributed by atoms with Gasteiger partial charge in [0.05, 0.1) is 11.1 Å². The molecule has 0 spiro atoms. The van der Waals surface area contributed by atoms with Gasteiger partial charge in [-0.2, -0.15) is 0 Å². The third-order valence-electron chi connectivity index (χ3n) is 3.49. The lowest BCUT2D eigenvalue weighted by Crippen LogP contribution is -2.49. The average Bonchev–Trinajstić information content (AvgIpc) is 2.70. The third kappa shape index (κ3) is 8.29. The minimum Gasteiger partial charge on any atom is -0.492 e. The van der Waals surface area contributed by atoms with Crippen molar-refractivity contribution in [3.05, 3.63) is 57.0 Å². The molecule has 2 rings (SSSR count). The van der Waals surface area contributed by atoms with Gasteiger partial charge in [-0.1, -0.05) is 29.8 Å². The Morgan fingerprint density at radius 3 is 2.37 bits per heavy atom. The molecule has 2 aromatic rings. The first-order chi connectivity index (χ1) is 14.2. The Kier molecular flexibility index (Phi) is 9.54. The van der Waals surface area contributed by atoms with Crippen LogP contribution in [0.5, 0.6) is 11.5 Å². The highest BCUT2D eigenvalue weighted by atomic mass is 79.9. The van der Waals surface area contributed by atoms with Gasteiger partial charge in [-0.15, -0.1) is 0 Å². The van der Waals surface area contributed by atoms with Crippen molar-refractivity contribution in [3.8, 4) is 11.5 Å². The number of carbonyl (C=O) groups excluding carboxylic acids is 2. The summed E-state index contributed by atoms with van der Waals surface area (Å²) in [5.41, 5.74) is 5.21. The number of benzene rings is 2. The topological polar surface area (TPSA) is 88.7 Å². The number of hydrogen-bond donors (Lipinski definition) is 3. The molecular weight excluding hydrogens is 538 g/mol. The Morgan fingerprint density at radius 2 is 1.73 bits per heavy atom. The van der Waals surface area contributed by atoms with Gasteiger partial charge in [-0.3, -0.25) is 25.8 Å². The Labute approximate surface area is 197 Å². The number of hydrogen-bond acceptors (Lipinski definition) is 5. The predicted octanol–water partition coefficient (Wildman–Crippen LogP) is 3.96. The predicted molar refractivity (Wildman–Crippen MR) is 125 cm³/mol. The molecule has 0 bridgehead atoms. The Morgan fingerprint density at radius 1 is 1.03 bits per heavy atom. The molecule has 0 saturated heterocycles. The van der Waals surface area contributed by atoms with Gasteiger partial charge < -0.3 is 9.47 Å². The number of thiocarbonyl (C=S) groups is 1. The van der Waals surface area contributed by atoms with E-state index in [9.17, 15) is 9.59 Å². The maximum Gasteiger partial charge on any atom is 0.276 e. The third-order valence-corrected chi connectivity index (χ3v) is 4.84. The van der Waals surface area contributed by atoms with Crippen LogP contribution in [0.1, 0.15) is 24.2 Å². The first kappa shape index (κ1) is 24.1. The first-order valence-corrected chi connectivity index (χ1v) is 10.9. The lowest BCUT2D eigenvalue weighted by atomic mass is 10.2. The van der Waals surface area contributed by atoms with Gasteiger partial charge in [-0.25, -0.2) is 0 Å². The molecule has 0 atom stereocenters. The molecule has 160 valence electrons. The number of rotatable bonds is 7. The van der Waals surface area contributed by atoms with E-state index in [1.54, 1.807) is 42.5 Å². The van der Waals surface area contributed by atoms with Crippen LogP contribution in [0, 0.1) is 5.92 Å². The number of nitrogens with one attached hydrogen (secondary N) is 3. The molecule has 0 heterocycles. The van der Waals surface area contributed by atoms with Gasteiger partial charge in [0.25, 0.3) is 11.8 Å². The van der Waals surface area contributed by atoms with Gasteiger partial charge in [0, 0.05) is 10.0 Å². The van der Waals surface area contributed by atoms with Crippen LogP contribution in [0.3, 0.4) is 0 Å². The molecule has 10 heteroatoms. The molecule has 0 radical (unpaired) electrons. The van der Waals surface area contributed by atoms with E-state index in [1.165, 1.54) is 0 Å². The molecule has 0 fully saturated rings. The Balaban J connectivity index is 1.77. The van der Waals surface area contributed by atoms with Crippen molar-refractivity contribution in [1.82, 2.24) is 16.2 Å². The van der Waals surface area contributed by atoms with Crippen LogP contribution >= 0.6 is 44.1 Å². The molecule has 7 nitrogen and oxygen atoms in total. The van der Waals surface area contributed by atoms with Crippen molar-refractivity contribution in [3.63, 3.8) is 0 Å². The molecule has 0 aliphatic carbocycles. The van der Waals surface area contributed by atoms with Crippen LogP contribution in [0.15, 0.2) is 51.4 Å². The smallest absolute Gasteiger partial charge is 0.276 e. The van der Waals surface area contributed by atoms with E-state index in [4.69, 9.17) is 21.7 Å². The summed E-state index contributed by atoms with van der Waals surface area (Å²) >= 11 is 11.7. The molecule has 0 unspecified atom stereocenters. The maximum atomic E-state index is 12.3. The quantitative estimate of drug-likeness (QED) is 0.352. The van der Waals surface area contributed by atoms with Crippen molar-refractivity contribution in [2.45, 2.75) is 13.8 Å². The molecule has 30 heavy (non-hydrogen) atoms. The summed E-state index contributed by atoms with van der Waals surface area (Å²) in [7, 11) is 0. The van der Waals surface area contributed by atoms with Crippen molar-refractivity contribution >= 4 is 61.0 Å². The number of halogens is 2. The lowest BCUT2D eigenvalue weighted by Gasteiger charge is -2.13. The van der Waals surface area contributed by atoms with Crippen molar-refractivity contribution in [1.29, 1.82) is 0 Å². The van der Waals surface area contributed by atoms with Crippen LogP contribution < -0.4 is 25.6 Å². The van der Waals surface area contributed by atoms with E-state index in [0.29, 0.717) is 34.1 Å². The lowest BCUT2D eigenvalue weighted by molar-refractivity contribution is -0.123. The number of hydrazine groups is 1. The second kappa shape index (κ2) is 11.9. The summed E-state index contributed by atoms with van der Waals surface area (Å²) in [6.45, 7) is 4.46. The van der Waals surface area contributed by atoms with Crippen LogP contribution in [-0.4, -0.2) is 30.1 Å². The molecule has 2 aromatic carbocycles. The monoisotopic (exact) mass is 557 g/mol. The summed E-state index contributed by atoms with van der Waals surface area (Å²) < 4.78 is 12.6. The molecule has 3 N–H and O–H groups in total. The Bertz CT molecular complexity index is 907. The van der Waals surface area contributed by atoms with Crippen molar-refractivity contribution in [2.75, 3.05) is 13.2 Å². The largest absolute Gasteiger partial charge is 0.492 e. The van der Waals surface area contributed by atoms with Gasteiger partial charge >= 0.3 is 0 Å². The molecule has 0 aliphatic rings. The fraction of sp³-hybridized carbons (Fsp3) is 0.250. The van der Waals surface area contributed by atoms with Crippen molar-refractivity contribution < 1.29 is 19.1 Å². The highest BCUT2D eigenvalue weighted by Gasteiger charge is 2.12. The zero-order valence-corrected chi connectivity index (χ0v) is 20.3. The minimum atomic E-state index is -0.455. The highest BCUT2D eigenvalue weighted by Crippen LogP contribution is 2.26. The van der Waals surface area contributed by atoms with Gasteiger partial charge in [0.1, 0.15) is 11.5 Å². The molecular formula is C20H21Br2N3O4S. The van der Waals surface area contributed by atoms with Crippen LogP contribution in [-0.2, 0) is 4.79 Å². The number of amides is 2. The second-order valence-electron chi connectivity index (χ2n) is 6.55. The van der Waals surface area contributed by atoms with E-state index < -0.39 is 11.8 Å². The molecule has 0 saturated carbocycles. The fourth-order valence-electron chi connectivity index (χ4n) is 2.06. The van der Waals surface area contributed by atoms with Crippen molar-refractivity contribution in [2.24, 2.45) is 5.92 Å². The maximum absolute atomic E-state index is 12.3. The van der Waals surface area contributed by atoms with E-state index in [2.05, 4.69) is 61.9 Å². The minimum absolute atomic E-state index is 0.0479. The van der Waals surface area contributed by atoms with E-state index >= 15 is 0 Å². The van der Waals surface area contributed by atoms with E-state index in [0.717, 1.165) is 4.47 Å². The van der Waals surface area contributed by atoms with Crippen LogP contribution in [0.25, 0.3) is 0 Å². The zero-order chi connectivity index (χ0) is 22.1. The summed E-state index contributed by atoms with van der Waals surface area (Å²) in [6.07, 6.45) is 0. The normalized spacial score (nSPS) is 10.3. The van der Waals surface area contributed by atoms with Gasteiger partial charge in [0.15, 0.2) is 11.7 Å². The number of carbonyl (C=O) groups is 2. The molecule has 0 aromatic heterocycles. The molecule has 2 amide bonds. The number of ether oxygens (including phenoxy) is 2. The SMILES string of the molecule is CC(C)COc1ccc(C(=O)NC(=S)NNC(=O)COc2ccc(Br)cc2)cc1Br. The highest BCUT2D eigenvalue weighted by molar-refractivity contribution is 9.10. The zero-order valence-electron chi connectivity index (χ0n) is 16.3. The fourth-order valence-corrected chi connectivity index (χ4v) is 2.97. The van der Waals surface area contributed by atoms with Gasteiger partial charge in [0.2, 0.25) is 0 Å². The van der Waals surface area contributed by atoms with E-state index in [1.807, 2.05) is 0 Å². The second-order valence-corrected chi connectivity index (χ2v) is 8.73. The average molecular weight is 559 g/mol. The summed E-state index contributed by atoms with van der Waals surface area (Å²) in [6, 6.07) is 12.0. The Hall–Kier alpha value is -2.17. The summed E-state index contributed by atoms with van der Waals surface area (Å²) in [4.78, 5) is 24.2. The van der Waals surface area contributed by atoms with Crippen LogP contribution in [0.4, 0.5) is 0 Å². The first-order valence-electron chi connectivity index (χ1n) is 8.95. The van der Waals surface area contributed by atoms with E-state index in [-0.39, 0.29) is 11.7 Å². The molecule has 0 aliphatic heterocycles. The summed E-state index contributed by atoms with van der Waals surface area (Å²) in [5, 5.41) is 2.44.